The monoisotopic (exact) mass is 504 g/mol. The first-order valence-electron chi connectivity index (χ1n) is 11.5. The molecule has 2 heterocycles. The average molecular weight is 505 g/mol. The first-order valence-corrected chi connectivity index (χ1v) is 13.0. The van der Waals surface area contributed by atoms with E-state index in [9.17, 15) is 22.3 Å². The minimum Gasteiger partial charge on any atom is -0.593 e. The maximum Gasteiger partial charge on any atom is 0.328 e. The third kappa shape index (κ3) is 4.21. The average Bonchev–Trinajstić information content (AvgIpc) is 3.54. The summed E-state index contributed by atoms with van der Waals surface area (Å²) < 4.78 is 61.7. The van der Waals surface area contributed by atoms with Gasteiger partial charge in [0.05, 0.1) is 25.4 Å². The van der Waals surface area contributed by atoms with Gasteiger partial charge >= 0.3 is 6.03 Å². The highest BCUT2D eigenvalue weighted by Crippen LogP contribution is 2.41. The van der Waals surface area contributed by atoms with Crippen molar-refractivity contribution in [3.8, 4) is 5.75 Å². The van der Waals surface area contributed by atoms with E-state index in [1.54, 1.807) is 12.1 Å². The van der Waals surface area contributed by atoms with E-state index in [-0.39, 0.29) is 36.1 Å². The number of benzene rings is 2. The highest BCUT2D eigenvalue weighted by Gasteiger charge is 2.59. The SMILES string of the molecule is COc1cccc([S+](=O)([O-])N2CCC3(C2)C(=NC2CCCC2)NC(=O)N3c2cc(F)cc(F)c2)c1. The Morgan fingerprint density at radius 1 is 1.17 bits per heavy atom. The highest BCUT2D eigenvalue weighted by molar-refractivity contribution is 7.95. The molecule has 1 spiro atoms. The topological polar surface area (TPSA) is 97.3 Å². The Hall–Kier alpha value is -2.89. The molecule has 2 amide bonds. The van der Waals surface area contributed by atoms with E-state index >= 15 is 0 Å². The second-order valence-corrected chi connectivity index (χ2v) is 11.0. The van der Waals surface area contributed by atoms with E-state index in [4.69, 9.17) is 9.73 Å². The molecule has 2 unspecified atom stereocenters. The van der Waals surface area contributed by atoms with Gasteiger partial charge in [-0.1, -0.05) is 23.1 Å². The summed E-state index contributed by atoms with van der Waals surface area (Å²) in [6.07, 6.45) is 4.01. The summed E-state index contributed by atoms with van der Waals surface area (Å²) >= 11 is 0. The molecule has 3 fully saturated rings. The van der Waals surface area contributed by atoms with Crippen LogP contribution in [0, 0.1) is 11.6 Å². The molecule has 1 N–H and O–H groups in total. The normalized spacial score (nSPS) is 26.0. The van der Waals surface area contributed by atoms with Gasteiger partial charge in [0, 0.05) is 18.7 Å². The van der Waals surface area contributed by atoms with Crippen molar-refractivity contribution in [3.63, 3.8) is 0 Å². The van der Waals surface area contributed by atoms with E-state index < -0.39 is 33.6 Å². The van der Waals surface area contributed by atoms with Gasteiger partial charge in [0.15, 0.2) is 15.3 Å². The summed E-state index contributed by atoms with van der Waals surface area (Å²) in [6.45, 7) is 0.00144. The molecule has 1 saturated carbocycles. The lowest BCUT2D eigenvalue weighted by Gasteiger charge is -2.34. The predicted molar refractivity (Wildman–Crippen MR) is 126 cm³/mol. The number of methoxy groups -OCH3 is 1. The number of nitrogens with one attached hydrogen (secondary N) is 1. The zero-order chi connectivity index (χ0) is 24.8. The third-order valence-electron chi connectivity index (χ3n) is 6.93. The van der Waals surface area contributed by atoms with E-state index in [1.165, 1.54) is 28.4 Å². The fraction of sp³-hybridized carbons (Fsp3) is 0.417. The number of anilines is 1. The Morgan fingerprint density at radius 2 is 1.89 bits per heavy atom. The number of carbonyl (C=O) groups excluding carboxylic acids is 1. The molecule has 1 aliphatic carbocycles. The van der Waals surface area contributed by atoms with Crippen molar-refractivity contribution in [1.82, 2.24) is 9.62 Å². The van der Waals surface area contributed by atoms with Gasteiger partial charge in [-0.25, -0.2) is 13.6 Å². The number of nitrogens with zero attached hydrogens (tertiary/aromatic N) is 3. The smallest absolute Gasteiger partial charge is 0.328 e. The summed E-state index contributed by atoms with van der Waals surface area (Å²) in [5.74, 6) is -0.911. The number of rotatable bonds is 5. The van der Waals surface area contributed by atoms with Gasteiger partial charge in [-0.15, -0.1) is 4.31 Å². The number of hydrogen-bond donors (Lipinski definition) is 1. The quantitative estimate of drug-likeness (QED) is 0.625. The minimum atomic E-state index is -3.94. The Morgan fingerprint density at radius 3 is 2.57 bits per heavy atom. The first-order chi connectivity index (χ1) is 16.7. The van der Waals surface area contributed by atoms with Gasteiger partial charge in [0.2, 0.25) is 0 Å². The number of amidine groups is 1. The molecule has 2 atom stereocenters. The summed E-state index contributed by atoms with van der Waals surface area (Å²) in [7, 11) is -2.49. The van der Waals surface area contributed by atoms with Crippen molar-refractivity contribution in [2.75, 3.05) is 25.1 Å². The fourth-order valence-corrected chi connectivity index (χ4v) is 6.76. The molecule has 35 heavy (non-hydrogen) atoms. The van der Waals surface area contributed by atoms with Gasteiger partial charge < -0.3 is 9.29 Å². The molecule has 2 aromatic carbocycles. The molecule has 186 valence electrons. The summed E-state index contributed by atoms with van der Waals surface area (Å²) in [4.78, 5) is 19.3. The zero-order valence-corrected chi connectivity index (χ0v) is 20.0. The Kier molecular flexibility index (Phi) is 6.10. The Bertz CT molecular complexity index is 1220. The molecule has 2 aromatic rings. The minimum absolute atomic E-state index is 0.00964. The van der Waals surface area contributed by atoms with Crippen molar-refractivity contribution in [1.29, 1.82) is 0 Å². The summed E-state index contributed by atoms with van der Waals surface area (Å²) in [5, 5.41) is 2.78. The Balaban J connectivity index is 1.56. The molecule has 0 aromatic heterocycles. The number of amides is 2. The van der Waals surface area contributed by atoms with E-state index in [0.29, 0.717) is 11.6 Å². The van der Waals surface area contributed by atoms with E-state index in [0.717, 1.165) is 43.9 Å². The highest BCUT2D eigenvalue weighted by atomic mass is 32.3. The molecule has 0 bridgehead atoms. The second kappa shape index (κ2) is 8.96. The van der Waals surface area contributed by atoms with Crippen LogP contribution in [-0.2, 0) is 14.6 Å². The van der Waals surface area contributed by atoms with E-state index in [1.807, 2.05) is 0 Å². The summed E-state index contributed by atoms with van der Waals surface area (Å²) in [6, 6.07) is 8.45. The van der Waals surface area contributed by atoms with Crippen LogP contribution in [0.4, 0.5) is 19.3 Å². The van der Waals surface area contributed by atoms with Crippen LogP contribution in [-0.4, -0.2) is 52.5 Å². The van der Waals surface area contributed by atoms with Crippen molar-refractivity contribution in [2.45, 2.75) is 48.6 Å². The molecule has 11 heteroatoms. The van der Waals surface area contributed by atoms with Crippen molar-refractivity contribution in [3.05, 3.63) is 54.1 Å². The number of aliphatic imine (C=N–C) groups is 1. The molecular formula is C24H26F2N4O4S. The number of hydrogen-bond acceptors (Lipinski definition) is 5. The van der Waals surface area contributed by atoms with Crippen LogP contribution in [0.15, 0.2) is 52.4 Å². The second-order valence-electron chi connectivity index (χ2n) is 9.11. The van der Waals surface area contributed by atoms with Crippen molar-refractivity contribution in [2.24, 2.45) is 4.99 Å². The van der Waals surface area contributed by atoms with Gasteiger partial charge in [-0.2, -0.15) is 0 Å². The lowest BCUT2D eigenvalue weighted by atomic mass is 9.95. The molecule has 2 saturated heterocycles. The van der Waals surface area contributed by atoms with Crippen LogP contribution in [0.25, 0.3) is 0 Å². The van der Waals surface area contributed by atoms with Crippen LogP contribution in [0.5, 0.6) is 5.75 Å². The van der Waals surface area contributed by atoms with Crippen molar-refractivity contribution >= 4 is 28.0 Å². The number of ether oxygens (including phenoxy) is 1. The largest absolute Gasteiger partial charge is 0.593 e. The standard InChI is InChI=1S/C24H26F2N4O4S/c1-34-20-7-4-8-21(14-20)35(32,33)29-10-9-24(15-29)22(27-18-5-2-3-6-18)28-23(31)30(24)19-12-16(25)11-17(26)13-19/h4,7-8,11-14,18H,2-3,5-6,9-10,15H2,1H3,(H-,27,28,31,32,33). The molecule has 0 radical (unpaired) electrons. The van der Waals surface area contributed by atoms with Crippen LogP contribution in [0.2, 0.25) is 0 Å². The van der Waals surface area contributed by atoms with Gasteiger partial charge in [-0.05, 0) is 43.5 Å². The van der Waals surface area contributed by atoms with Crippen molar-refractivity contribution < 1.29 is 27.1 Å². The molecule has 2 aliphatic heterocycles. The van der Waals surface area contributed by atoms with Crippen LogP contribution >= 0.6 is 0 Å². The predicted octanol–water partition coefficient (Wildman–Crippen LogP) is 3.89. The van der Waals surface area contributed by atoms with Crippen LogP contribution < -0.4 is 15.0 Å². The molecule has 8 nitrogen and oxygen atoms in total. The number of sulfonamides is 1. The maximum atomic E-state index is 14.1. The molecule has 3 aliphatic rings. The van der Waals surface area contributed by atoms with Gasteiger partial charge in [0.25, 0.3) is 0 Å². The van der Waals surface area contributed by atoms with Gasteiger partial charge in [-0.3, -0.25) is 15.2 Å². The van der Waals surface area contributed by atoms with E-state index in [2.05, 4.69) is 5.32 Å². The maximum absolute atomic E-state index is 14.1. The summed E-state index contributed by atoms with van der Waals surface area (Å²) in [5.41, 5.74) is -1.19. The number of carbonyl (C=O) groups is 1. The van der Waals surface area contributed by atoms with Crippen LogP contribution in [0.3, 0.4) is 0 Å². The Labute approximate surface area is 203 Å². The third-order valence-corrected chi connectivity index (χ3v) is 8.77. The lowest BCUT2D eigenvalue weighted by Crippen LogP contribution is -2.53. The lowest BCUT2D eigenvalue weighted by molar-refractivity contribution is 0.251. The number of urea groups is 1. The molecule has 5 rings (SSSR count). The molecular weight excluding hydrogens is 478 g/mol. The fourth-order valence-electron chi connectivity index (χ4n) is 5.23. The number of halogens is 2. The van der Waals surface area contributed by atoms with Crippen LogP contribution in [0.1, 0.15) is 32.1 Å². The first kappa shape index (κ1) is 23.8. The zero-order valence-electron chi connectivity index (χ0n) is 19.2. The van der Waals surface area contributed by atoms with Gasteiger partial charge in [0.1, 0.15) is 28.8 Å².